The molecule has 2 aliphatic heterocycles. The lowest BCUT2D eigenvalue weighted by Gasteiger charge is -2.43. The number of allylic oxidation sites excluding steroid dienone is 1. The van der Waals surface area contributed by atoms with Gasteiger partial charge in [-0.25, -0.2) is 9.78 Å². The van der Waals surface area contributed by atoms with Gasteiger partial charge in [0.15, 0.2) is 0 Å². The van der Waals surface area contributed by atoms with Crippen LogP contribution in [0.4, 0.5) is 0 Å². The predicted molar refractivity (Wildman–Crippen MR) is 125 cm³/mol. The number of para-hydroxylation sites is 2. The Bertz CT molecular complexity index is 1060. The molecule has 1 aliphatic carbocycles. The summed E-state index contributed by atoms with van der Waals surface area (Å²) in [6.45, 7) is 1.97. The molecule has 3 unspecified atom stereocenters. The highest BCUT2D eigenvalue weighted by Crippen LogP contribution is 2.43. The SMILES string of the molecule is CCOC(=O)c1nc2ccccc2n(C2CC3CCC(C2)N3C2/C=C\CCCCC2)c1=O. The molecule has 2 bridgehead atoms. The van der Waals surface area contributed by atoms with Crippen LogP contribution in [-0.4, -0.2) is 45.2 Å². The number of hydrogen-bond acceptors (Lipinski definition) is 5. The predicted octanol–water partition coefficient (Wildman–Crippen LogP) is 4.63. The summed E-state index contributed by atoms with van der Waals surface area (Å²) in [6.07, 6.45) is 15.4. The van der Waals surface area contributed by atoms with Gasteiger partial charge < -0.3 is 9.30 Å². The van der Waals surface area contributed by atoms with E-state index in [0.717, 1.165) is 18.4 Å². The summed E-state index contributed by atoms with van der Waals surface area (Å²) in [5, 5.41) is 0. The number of aromatic nitrogens is 2. The van der Waals surface area contributed by atoms with Gasteiger partial charge in [0.1, 0.15) is 0 Å². The molecule has 6 nitrogen and oxygen atoms in total. The highest BCUT2D eigenvalue weighted by molar-refractivity contribution is 5.89. The van der Waals surface area contributed by atoms with Crippen LogP contribution < -0.4 is 5.56 Å². The standard InChI is InChI=1S/C26H33N3O3/c1-2-32-26(31)24-25(30)29(23-13-9-8-12-22(23)27-24)21-16-19-14-15-20(17-21)28(19)18-10-6-4-3-5-7-11-18/h6,8-10,12-13,18-21H,2-5,7,11,14-17H2,1H3/b10-6-. The Morgan fingerprint density at radius 1 is 1.06 bits per heavy atom. The molecule has 2 aromatic rings. The highest BCUT2D eigenvalue weighted by Gasteiger charge is 2.44. The molecule has 5 rings (SSSR count). The van der Waals surface area contributed by atoms with Gasteiger partial charge in [-0.05, 0) is 64.0 Å². The van der Waals surface area contributed by atoms with Gasteiger partial charge in [-0.3, -0.25) is 9.69 Å². The molecule has 3 heterocycles. The summed E-state index contributed by atoms with van der Waals surface area (Å²) in [4.78, 5) is 33.1. The smallest absolute Gasteiger partial charge is 0.362 e. The van der Waals surface area contributed by atoms with Crippen molar-refractivity contribution in [2.45, 2.75) is 88.9 Å². The lowest BCUT2D eigenvalue weighted by molar-refractivity contribution is 0.0514. The zero-order valence-corrected chi connectivity index (χ0v) is 18.9. The minimum atomic E-state index is -0.628. The van der Waals surface area contributed by atoms with Crippen LogP contribution in [0.5, 0.6) is 0 Å². The fraction of sp³-hybridized carbons (Fsp3) is 0.577. The molecule has 0 radical (unpaired) electrons. The Balaban J connectivity index is 1.49. The number of piperidine rings is 1. The van der Waals surface area contributed by atoms with Gasteiger partial charge in [0.05, 0.1) is 17.6 Å². The number of esters is 1. The van der Waals surface area contributed by atoms with Crippen LogP contribution in [0, 0.1) is 0 Å². The first-order valence-electron chi connectivity index (χ1n) is 12.3. The summed E-state index contributed by atoms with van der Waals surface area (Å²) in [5.74, 6) is -0.628. The quantitative estimate of drug-likeness (QED) is 0.518. The fourth-order valence-corrected chi connectivity index (χ4v) is 6.18. The van der Waals surface area contributed by atoms with Gasteiger partial charge in [0, 0.05) is 24.2 Å². The molecule has 0 amide bonds. The van der Waals surface area contributed by atoms with Crippen LogP contribution >= 0.6 is 0 Å². The van der Waals surface area contributed by atoms with Crippen molar-refractivity contribution in [2.24, 2.45) is 0 Å². The number of nitrogens with zero attached hydrogens (tertiary/aromatic N) is 3. The number of carbonyl (C=O) groups excluding carboxylic acids is 1. The fourth-order valence-electron chi connectivity index (χ4n) is 6.18. The van der Waals surface area contributed by atoms with E-state index < -0.39 is 5.97 Å². The van der Waals surface area contributed by atoms with Crippen LogP contribution in [0.2, 0.25) is 0 Å². The maximum absolute atomic E-state index is 13.5. The Morgan fingerprint density at radius 3 is 2.62 bits per heavy atom. The highest BCUT2D eigenvalue weighted by atomic mass is 16.5. The molecule has 1 aromatic heterocycles. The van der Waals surface area contributed by atoms with Crippen LogP contribution in [0.25, 0.3) is 11.0 Å². The molecule has 0 spiro atoms. The van der Waals surface area contributed by atoms with Crippen molar-refractivity contribution in [1.82, 2.24) is 14.5 Å². The average Bonchev–Trinajstić information content (AvgIpc) is 3.02. The van der Waals surface area contributed by atoms with E-state index in [9.17, 15) is 9.59 Å². The van der Waals surface area contributed by atoms with Crippen LogP contribution in [0.3, 0.4) is 0 Å². The number of hydrogen-bond donors (Lipinski definition) is 0. The van der Waals surface area contributed by atoms with E-state index in [0.29, 0.717) is 23.6 Å². The third kappa shape index (κ3) is 3.90. The van der Waals surface area contributed by atoms with E-state index in [1.165, 1.54) is 44.9 Å². The van der Waals surface area contributed by atoms with Gasteiger partial charge in [0.2, 0.25) is 5.69 Å². The van der Waals surface area contributed by atoms with Crippen LogP contribution in [0.1, 0.15) is 81.2 Å². The van der Waals surface area contributed by atoms with Gasteiger partial charge in [0.25, 0.3) is 5.56 Å². The van der Waals surface area contributed by atoms with Crippen molar-refractivity contribution < 1.29 is 9.53 Å². The van der Waals surface area contributed by atoms with Crippen LogP contribution in [-0.2, 0) is 4.74 Å². The van der Waals surface area contributed by atoms with E-state index >= 15 is 0 Å². The van der Waals surface area contributed by atoms with E-state index in [2.05, 4.69) is 22.0 Å². The molecule has 6 heteroatoms. The summed E-state index contributed by atoms with van der Waals surface area (Å²) in [5.41, 5.74) is 1.08. The van der Waals surface area contributed by atoms with Crippen molar-refractivity contribution in [1.29, 1.82) is 0 Å². The number of benzene rings is 1. The summed E-state index contributed by atoms with van der Waals surface area (Å²) in [7, 11) is 0. The van der Waals surface area contributed by atoms with Gasteiger partial charge in [-0.2, -0.15) is 0 Å². The van der Waals surface area contributed by atoms with E-state index in [1.54, 1.807) is 6.92 Å². The first-order valence-corrected chi connectivity index (χ1v) is 12.3. The first kappa shape index (κ1) is 21.4. The molecule has 0 saturated carbocycles. The molecule has 3 atom stereocenters. The second kappa shape index (κ2) is 9.18. The monoisotopic (exact) mass is 435 g/mol. The van der Waals surface area contributed by atoms with E-state index in [4.69, 9.17) is 4.74 Å². The summed E-state index contributed by atoms with van der Waals surface area (Å²) < 4.78 is 6.99. The van der Waals surface area contributed by atoms with Crippen molar-refractivity contribution in [3.8, 4) is 0 Å². The van der Waals surface area contributed by atoms with Crippen molar-refractivity contribution >= 4 is 17.0 Å². The zero-order chi connectivity index (χ0) is 22.1. The molecule has 0 N–H and O–H groups in total. The minimum Gasteiger partial charge on any atom is -0.461 e. The number of rotatable bonds is 4. The minimum absolute atomic E-state index is 0.0786. The average molecular weight is 436 g/mol. The molecule has 170 valence electrons. The first-order chi connectivity index (χ1) is 15.7. The maximum atomic E-state index is 13.5. The lowest BCUT2D eigenvalue weighted by atomic mass is 9.92. The number of carbonyl (C=O) groups is 1. The Kier molecular flexibility index (Phi) is 6.13. The zero-order valence-electron chi connectivity index (χ0n) is 18.9. The summed E-state index contributed by atoms with van der Waals surface area (Å²) >= 11 is 0. The summed E-state index contributed by atoms with van der Waals surface area (Å²) in [6, 6.07) is 9.22. The molecule has 2 saturated heterocycles. The molecule has 2 fully saturated rings. The second-order valence-corrected chi connectivity index (χ2v) is 9.44. The lowest BCUT2D eigenvalue weighted by Crippen LogP contribution is -2.49. The van der Waals surface area contributed by atoms with Crippen molar-refractivity contribution in [3.05, 3.63) is 52.5 Å². The van der Waals surface area contributed by atoms with Gasteiger partial charge in [-0.1, -0.05) is 37.1 Å². The van der Waals surface area contributed by atoms with Crippen molar-refractivity contribution in [3.63, 3.8) is 0 Å². The van der Waals surface area contributed by atoms with Crippen LogP contribution in [0.15, 0.2) is 41.2 Å². The topological polar surface area (TPSA) is 64.4 Å². The number of fused-ring (bicyclic) bond motifs is 3. The van der Waals surface area contributed by atoms with E-state index in [-0.39, 0.29) is 23.9 Å². The Labute approximate surface area is 189 Å². The largest absolute Gasteiger partial charge is 0.461 e. The molecular formula is C26H33N3O3. The maximum Gasteiger partial charge on any atom is 0.362 e. The normalized spacial score (nSPS) is 29.4. The molecule has 1 aromatic carbocycles. The third-order valence-corrected chi connectivity index (χ3v) is 7.51. The van der Waals surface area contributed by atoms with E-state index in [1.807, 2.05) is 28.8 Å². The molecular weight excluding hydrogens is 402 g/mol. The van der Waals surface area contributed by atoms with Gasteiger partial charge >= 0.3 is 5.97 Å². The third-order valence-electron chi connectivity index (χ3n) is 7.51. The van der Waals surface area contributed by atoms with Gasteiger partial charge in [-0.15, -0.1) is 0 Å². The van der Waals surface area contributed by atoms with Crippen molar-refractivity contribution in [2.75, 3.05) is 6.61 Å². The molecule has 3 aliphatic rings. The second-order valence-electron chi connectivity index (χ2n) is 9.44. The number of ether oxygens (including phenoxy) is 1. The Morgan fingerprint density at radius 2 is 1.84 bits per heavy atom. The molecule has 32 heavy (non-hydrogen) atoms. The Hall–Kier alpha value is -2.47.